The van der Waals surface area contributed by atoms with Crippen molar-refractivity contribution in [3.8, 4) is 0 Å². The van der Waals surface area contributed by atoms with Crippen LogP contribution in [0.25, 0.3) is 0 Å². The highest BCUT2D eigenvalue weighted by Gasteiger charge is 2.27. The fourth-order valence-electron chi connectivity index (χ4n) is 3.25. The predicted molar refractivity (Wildman–Crippen MR) is 65.6 cm³/mol. The van der Waals surface area contributed by atoms with Crippen molar-refractivity contribution in [1.29, 1.82) is 0 Å². The Hall–Kier alpha value is 0.250. The van der Waals surface area contributed by atoms with Crippen LogP contribution in [0, 0.1) is 5.92 Å². The van der Waals surface area contributed by atoms with Crippen LogP contribution in [-0.4, -0.2) is 24.5 Å². The van der Waals surface area contributed by atoms with Gasteiger partial charge in [-0.05, 0) is 51.9 Å². The molecule has 1 saturated carbocycles. The maximum atomic E-state index is 6.15. The van der Waals surface area contributed by atoms with Gasteiger partial charge in [-0.1, -0.05) is 0 Å². The Bertz CT molecular complexity index is 187. The monoisotopic (exact) mass is 230 g/mol. The van der Waals surface area contributed by atoms with Crippen molar-refractivity contribution >= 4 is 11.6 Å². The molecule has 2 atom stereocenters. The normalized spacial score (nSPS) is 42.8. The number of alkyl halides is 1. The van der Waals surface area contributed by atoms with Crippen molar-refractivity contribution < 1.29 is 4.90 Å². The number of piperidine rings is 1. The van der Waals surface area contributed by atoms with E-state index in [1.165, 1.54) is 58.0 Å². The zero-order chi connectivity index (χ0) is 10.7. The summed E-state index contributed by atoms with van der Waals surface area (Å²) in [4.78, 5) is 1.87. The smallest absolute Gasteiger partial charge is 0.0846 e. The standard InChI is InChI=1S/C13H24ClN/c1-11-4-2-3-9-15(11)10-12-5-7-13(14)8-6-12/h11-13H,2-10H2,1H3/p+1. The minimum absolute atomic E-state index is 0.482. The molecular weight excluding hydrogens is 206 g/mol. The van der Waals surface area contributed by atoms with Crippen LogP contribution in [0.15, 0.2) is 0 Å². The van der Waals surface area contributed by atoms with E-state index >= 15 is 0 Å². The molecule has 2 rings (SSSR count). The Balaban J connectivity index is 1.75. The van der Waals surface area contributed by atoms with Gasteiger partial charge in [0, 0.05) is 11.3 Å². The summed E-state index contributed by atoms with van der Waals surface area (Å²) in [5.41, 5.74) is 0. The molecule has 15 heavy (non-hydrogen) atoms. The SMILES string of the molecule is CC1CCCC[NH+]1CC1CCC(Cl)CC1. The lowest BCUT2D eigenvalue weighted by molar-refractivity contribution is -0.932. The van der Waals surface area contributed by atoms with E-state index in [4.69, 9.17) is 11.6 Å². The first-order valence-corrected chi connectivity index (χ1v) is 7.18. The molecule has 0 aromatic carbocycles. The van der Waals surface area contributed by atoms with E-state index in [0.29, 0.717) is 5.38 Å². The van der Waals surface area contributed by atoms with Gasteiger partial charge in [-0.15, -0.1) is 11.6 Å². The first-order valence-electron chi connectivity index (χ1n) is 6.74. The van der Waals surface area contributed by atoms with E-state index in [2.05, 4.69) is 6.92 Å². The van der Waals surface area contributed by atoms with Gasteiger partial charge in [-0.25, -0.2) is 0 Å². The van der Waals surface area contributed by atoms with Crippen molar-refractivity contribution in [3.05, 3.63) is 0 Å². The van der Waals surface area contributed by atoms with Crippen LogP contribution in [-0.2, 0) is 0 Å². The third-order valence-corrected chi connectivity index (χ3v) is 4.85. The highest BCUT2D eigenvalue weighted by atomic mass is 35.5. The number of halogens is 1. The summed E-state index contributed by atoms with van der Waals surface area (Å²) >= 11 is 6.15. The number of rotatable bonds is 2. The molecule has 0 bridgehead atoms. The summed E-state index contributed by atoms with van der Waals surface area (Å²) in [6.07, 6.45) is 9.63. The quantitative estimate of drug-likeness (QED) is 0.695. The van der Waals surface area contributed by atoms with E-state index in [1.54, 1.807) is 0 Å². The van der Waals surface area contributed by atoms with Gasteiger partial charge in [0.05, 0.1) is 19.1 Å². The molecule has 0 amide bonds. The average Bonchev–Trinajstić information content (AvgIpc) is 2.25. The predicted octanol–water partition coefficient (Wildman–Crippen LogP) is 2.24. The molecule has 88 valence electrons. The van der Waals surface area contributed by atoms with Gasteiger partial charge in [0.1, 0.15) is 0 Å². The Morgan fingerprint density at radius 1 is 1.07 bits per heavy atom. The van der Waals surface area contributed by atoms with Gasteiger partial charge in [0.15, 0.2) is 0 Å². The van der Waals surface area contributed by atoms with Gasteiger partial charge in [0.2, 0.25) is 0 Å². The fourth-order valence-corrected chi connectivity index (χ4v) is 3.51. The van der Waals surface area contributed by atoms with Crippen molar-refractivity contribution in [1.82, 2.24) is 0 Å². The molecule has 2 unspecified atom stereocenters. The van der Waals surface area contributed by atoms with Crippen LogP contribution in [0.4, 0.5) is 0 Å². The molecular formula is C13H25ClN+. The zero-order valence-electron chi connectivity index (χ0n) is 9.97. The van der Waals surface area contributed by atoms with Crippen LogP contribution in [0.2, 0.25) is 0 Å². The number of quaternary nitrogens is 1. The maximum absolute atomic E-state index is 6.15. The van der Waals surface area contributed by atoms with E-state index < -0.39 is 0 Å². The summed E-state index contributed by atoms with van der Waals surface area (Å²) < 4.78 is 0. The van der Waals surface area contributed by atoms with Gasteiger partial charge in [-0.3, -0.25) is 0 Å². The van der Waals surface area contributed by atoms with Gasteiger partial charge < -0.3 is 4.90 Å². The molecule has 0 radical (unpaired) electrons. The molecule has 2 fully saturated rings. The van der Waals surface area contributed by atoms with Crippen LogP contribution >= 0.6 is 11.6 Å². The topological polar surface area (TPSA) is 4.44 Å². The van der Waals surface area contributed by atoms with Gasteiger partial charge in [-0.2, -0.15) is 0 Å². The second-order valence-electron chi connectivity index (χ2n) is 5.63. The van der Waals surface area contributed by atoms with Crippen LogP contribution in [0.3, 0.4) is 0 Å². The molecule has 1 heterocycles. The summed E-state index contributed by atoms with van der Waals surface area (Å²) in [6, 6.07) is 0.910. The lowest BCUT2D eigenvalue weighted by Crippen LogP contribution is -3.16. The van der Waals surface area contributed by atoms with Crippen molar-refractivity contribution in [2.45, 2.75) is 63.3 Å². The van der Waals surface area contributed by atoms with Crippen LogP contribution in [0.5, 0.6) is 0 Å². The summed E-state index contributed by atoms with van der Waals surface area (Å²) in [5, 5.41) is 0.482. The first-order chi connectivity index (χ1) is 7.25. The highest BCUT2D eigenvalue weighted by Crippen LogP contribution is 2.26. The summed E-state index contributed by atoms with van der Waals surface area (Å²) in [7, 11) is 0. The minimum atomic E-state index is 0.482. The molecule has 2 aliphatic rings. The van der Waals surface area contributed by atoms with Gasteiger partial charge in [0.25, 0.3) is 0 Å². The third kappa shape index (κ3) is 3.35. The Morgan fingerprint density at radius 3 is 2.47 bits per heavy atom. The van der Waals surface area contributed by atoms with Crippen molar-refractivity contribution in [2.75, 3.05) is 13.1 Å². The third-order valence-electron chi connectivity index (χ3n) is 4.41. The number of hydrogen-bond acceptors (Lipinski definition) is 0. The first kappa shape index (κ1) is 11.7. The molecule has 1 N–H and O–H groups in total. The number of hydrogen-bond donors (Lipinski definition) is 1. The zero-order valence-corrected chi connectivity index (χ0v) is 10.7. The van der Waals surface area contributed by atoms with Crippen LogP contribution in [0.1, 0.15) is 51.9 Å². The van der Waals surface area contributed by atoms with Gasteiger partial charge >= 0.3 is 0 Å². The lowest BCUT2D eigenvalue weighted by Gasteiger charge is -2.34. The maximum Gasteiger partial charge on any atom is 0.0846 e. The van der Waals surface area contributed by atoms with E-state index in [0.717, 1.165) is 12.0 Å². The number of likely N-dealkylation sites (tertiary alicyclic amines) is 1. The molecule has 0 aromatic heterocycles. The molecule has 2 heteroatoms. The average molecular weight is 231 g/mol. The summed E-state index contributed by atoms with van der Waals surface area (Å²) in [6.45, 7) is 5.27. The second-order valence-corrected chi connectivity index (χ2v) is 6.24. The molecule has 0 spiro atoms. The van der Waals surface area contributed by atoms with E-state index in [1.807, 2.05) is 4.90 Å². The van der Waals surface area contributed by atoms with Crippen LogP contribution < -0.4 is 4.90 Å². The van der Waals surface area contributed by atoms with Crippen molar-refractivity contribution in [2.24, 2.45) is 5.92 Å². The molecule has 1 aliphatic heterocycles. The molecule has 1 saturated heterocycles. The van der Waals surface area contributed by atoms with E-state index in [9.17, 15) is 0 Å². The largest absolute Gasteiger partial charge is 0.333 e. The Morgan fingerprint density at radius 2 is 1.80 bits per heavy atom. The minimum Gasteiger partial charge on any atom is -0.333 e. The molecule has 1 nitrogen and oxygen atoms in total. The van der Waals surface area contributed by atoms with E-state index in [-0.39, 0.29) is 0 Å². The number of nitrogens with one attached hydrogen (secondary N) is 1. The molecule has 0 aromatic rings. The molecule has 1 aliphatic carbocycles. The Kier molecular flexibility index (Phi) is 4.33. The summed E-state index contributed by atoms with van der Waals surface area (Å²) in [5.74, 6) is 0.968. The fraction of sp³-hybridized carbons (Fsp3) is 1.00. The lowest BCUT2D eigenvalue weighted by atomic mass is 9.87. The van der Waals surface area contributed by atoms with Crippen molar-refractivity contribution in [3.63, 3.8) is 0 Å². The Labute approximate surface area is 99.2 Å². The second kappa shape index (κ2) is 5.54. The highest BCUT2D eigenvalue weighted by molar-refractivity contribution is 6.20.